The third-order valence-corrected chi connectivity index (χ3v) is 4.66. The van der Waals surface area contributed by atoms with Gasteiger partial charge in [0.25, 0.3) is 5.56 Å². The summed E-state index contributed by atoms with van der Waals surface area (Å²) in [5, 5.41) is 10.0. The molecule has 8 heteroatoms. The Kier molecular flexibility index (Phi) is 3.89. The van der Waals surface area contributed by atoms with Crippen LogP contribution in [0.1, 0.15) is 22.6 Å². The van der Waals surface area contributed by atoms with Crippen molar-refractivity contribution in [1.29, 1.82) is 5.26 Å². The summed E-state index contributed by atoms with van der Waals surface area (Å²) in [7, 11) is 0. The molecule has 0 radical (unpaired) electrons. The molecule has 1 aliphatic rings. The zero-order chi connectivity index (χ0) is 20.1. The lowest BCUT2D eigenvalue weighted by atomic mass is 9.81. The van der Waals surface area contributed by atoms with Crippen LogP contribution in [0.4, 0.5) is 13.2 Å². The van der Waals surface area contributed by atoms with Gasteiger partial charge in [0.1, 0.15) is 17.4 Å². The van der Waals surface area contributed by atoms with Gasteiger partial charge in [-0.15, -0.1) is 0 Å². The number of aromatic amines is 1. The molecule has 1 atom stereocenters. The molecule has 2 heterocycles. The normalized spacial score (nSPS) is 16.4. The Balaban J connectivity index is 2.12. The maximum absolute atomic E-state index is 13.6. The molecule has 1 aliphatic heterocycles. The van der Waals surface area contributed by atoms with E-state index in [1.165, 1.54) is 18.2 Å². The first kappa shape index (κ1) is 17.7. The molecule has 0 amide bonds. The Hall–Kier alpha value is -3.73. The number of aromatic nitrogens is 1. The van der Waals surface area contributed by atoms with Crippen molar-refractivity contribution < 1.29 is 17.9 Å². The van der Waals surface area contributed by atoms with Gasteiger partial charge in [-0.05, 0) is 23.8 Å². The first-order valence-corrected chi connectivity index (χ1v) is 8.21. The van der Waals surface area contributed by atoms with Crippen molar-refractivity contribution in [2.45, 2.75) is 12.1 Å². The second-order valence-electron chi connectivity index (χ2n) is 6.25. The maximum Gasteiger partial charge on any atom is 0.416 e. The number of ether oxygens (including phenoxy) is 1. The van der Waals surface area contributed by atoms with Crippen LogP contribution in [0.5, 0.6) is 5.75 Å². The lowest BCUT2D eigenvalue weighted by Gasteiger charge is -2.28. The second-order valence-corrected chi connectivity index (χ2v) is 6.25. The van der Waals surface area contributed by atoms with Crippen molar-refractivity contribution in [3.8, 4) is 11.8 Å². The third kappa shape index (κ3) is 2.60. The SMILES string of the molecule is N#CC1=C(N)Oc2c(c(=O)[nH]c3ccccc23)[C@H]1c1ccccc1C(F)(F)F. The van der Waals surface area contributed by atoms with Gasteiger partial charge in [-0.1, -0.05) is 30.3 Å². The highest BCUT2D eigenvalue weighted by Crippen LogP contribution is 2.46. The molecular weight excluding hydrogens is 371 g/mol. The molecule has 0 spiro atoms. The van der Waals surface area contributed by atoms with E-state index in [0.29, 0.717) is 10.9 Å². The van der Waals surface area contributed by atoms with Crippen LogP contribution in [-0.2, 0) is 6.18 Å². The van der Waals surface area contributed by atoms with E-state index in [2.05, 4.69) is 4.98 Å². The molecule has 3 N–H and O–H groups in total. The van der Waals surface area contributed by atoms with E-state index < -0.39 is 23.2 Å². The number of nitriles is 1. The average molecular weight is 383 g/mol. The van der Waals surface area contributed by atoms with E-state index >= 15 is 0 Å². The van der Waals surface area contributed by atoms with Gasteiger partial charge in [0.15, 0.2) is 0 Å². The molecule has 28 heavy (non-hydrogen) atoms. The molecule has 4 rings (SSSR count). The number of alkyl halides is 3. The number of hydrogen-bond acceptors (Lipinski definition) is 4. The minimum absolute atomic E-state index is 0.0535. The first-order chi connectivity index (χ1) is 13.3. The van der Waals surface area contributed by atoms with Crippen molar-refractivity contribution in [3.63, 3.8) is 0 Å². The Morgan fingerprint density at radius 2 is 1.79 bits per heavy atom. The monoisotopic (exact) mass is 383 g/mol. The Labute approximate surface area is 156 Å². The summed E-state index contributed by atoms with van der Waals surface area (Å²) in [5.74, 6) is -1.58. The van der Waals surface area contributed by atoms with Crippen LogP contribution < -0.4 is 16.0 Å². The zero-order valence-corrected chi connectivity index (χ0v) is 14.2. The van der Waals surface area contributed by atoms with Crippen molar-refractivity contribution >= 4 is 10.9 Å². The first-order valence-electron chi connectivity index (χ1n) is 8.21. The summed E-state index contributed by atoms with van der Waals surface area (Å²) in [5.41, 5.74) is 4.17. The van der Waals surface area contributed by atoms with Crippen LogP contribution in [-0.4, -0.2) is 4.98 Å². The maximum atomic E-state index is 13.6. The highest BCUT2D eigenvalue weighted by molar-refractivity contribution is 5.87. The minimum Gasteiger partial charge on any atom is -0.439 e. The molecular formula is C20H12F3N3O2. The van der Waals surface area contributed by atoms with Crippen LogP contribution in [0.25, 0.3) is 10.9 Å². The van der Waals surface area contributed by atoms with Gasteiger partial charge in [-0.25, -0.2) is 0 Å². The van der Waals surface area contributed by atoms with Gasteiger partial charge in [0.2, 0.25) is 5.88 Å². The summed E-state index contributed by atoms with van der Waals surface area (Å²) in [6.45, 7) is 0. The summed E-state index contributed by atoms with van der Waals surface area (Å²) in [6, 6.07) is 13.3. The van der Waals surface area contributed by atoms with E-state index in [9.17, 15) is 23.2 Å². The van der Waals surface area contributed by atoms with Gasteiger partial charge in [0, 0.05) is 5.39 Å². The van der Waals surface area contributed by atoms with E-state index in [4.69, 9.17) is 10.5 Å². The topological polar surface area (TPSA) is 91.9 Å². The fraction of sp³-hybridized carbons (Fsp3) is 0.100. The number of allylic oxidation sites excluding steroid dienone is 1. The van der Waals surface area contributed by atoms with E-state index in [1.807, 2.05) is 0 Å². The number of pyridine rings is 1. The fourth-order valence-electron chi connectivity index (χ4n) is 3.49. The molecule has 0 unspecified atom stereocenters. The quantitative estimate of drug-likeness (QED) is 0.669. The fourth-order valence-corrected chi connectivity index (χ4v) is 3.49. The third-order valence-electron chi connectivity index (χ3n) is 4.66. The largest absolute Gasteiger partial charge is 0.439 e. The van der Waals surface area contributed by atoms with Gasteiger partial charge < -0.3 is 15.5 Å². The molecule has 2 aromatic carbocycles. The van der Waals surface area contributed by atoms with Gasteiger partial charge in [-0.3, -0.25) is 4.79 Å². The number of nitrogens with zero attached hydrogens (tertiary/aromatic N) is 1. The van der Waals surface area contributed by atoms with Crippen LogP contribution in [0.15, 0.2) is 64.8 Å². The van der Waals surface area contributed by atoms with Crippen LogP contribution in [0.3, 0.4) is 0 Å². The predicted octanol–water partition coefficient (Wildman–Crippen LogP) is 3.77. The Morgan fingerprint density at radius 1 is 1.11 bits per heavy atom. The van der Waals surface area contributed by atoms with Crippen LogP contribution in [0, 0.1) is 11.3 Å². The van der Waals surface area contributed by atoms with Gasteiger partial charge in [0.05, 0.1) is 22.6 Å². The molecule has 0 saturated carbocycles. The number of nitrogens with one attached hydrogen (secondary N) is 1. The van der Waals surface area contributed by atoms with E-state index in [-0.39, 0.29) is 28.3 Å². The number of para-hydroxylation sites is 1. The average Bonchev–Trinajstić information content (AvgIpc) is 2.66. The standard InChI is InChI=1S/C20H12F3N3O2/c21-20(22,23)13-7-3-1-5-10(13)15-12(9-24)18(25)28-17-11-6-2-4-8-14(11)26-19(27)16(15)17/h1-8,15H,25H2,(H,26,27)/t15-/m0/s1. The lowest BCUT2D eigenvalue weighted by Crippen LogP contribution is -2.29. The summed E-state index contributed by atoms with van der Waals surface area (Å²) in [4.78, 5) is 15.4. The summed E-state index contributed by atoms with van der Waals surface area (Å²) >= 11 is 0. The Bertz CT molecular complexity index is 1240. The van der Waals surface area contributed by atoms with Crippen molar-refractivity contribution in [2.24, 2.45) is 5.73 Å². The van der Waals surface area contributed by atoms with Crippen molar-refractivity contribution in [3.05, 3.63) is 87.0 Å². The van der Waals surface area contributed by atoms with Gasteiger partial charge in [-0.2, -0.15) is 18.4 Å². The molecule has 0 aliphatic carbocycles. The molecule has 0 saturated heterocycles. The minimum atomic E-state index is -4.67. The molecule has 5 nitrogen and oxygen atoms in total. The molecule has 3 aromatic rings. The Morgan fingerprint density at radius 3 is 2.50 bits per heavy atom. The summed E-state index contributed by atoms with van der Waals surface area (Å²) < 4.78 is 46.4. The number of nitrogens with two attached hydrogens (primary N) is 1. The van der Waals surface area contributed by atoms with Crippen LogP contribution in [0.2, 0.25) is 0 Å². The number of halogens is 3. The predicted molar refractivity (Wildman–Crippen MR) is 95.3 cm³/mol. The number of rotatable bonds is 1. The number of hydrogen-bond donors (Lipinski definition) is 2. The lowest BCUT2D eigenvalue weighted by molar-refractivity contribution is -0.138. The molecule has 1 aromatic heterocycles. The summed E-state index contributed by atoms with van der Waals surface area (Å²) in [6.07, 6.45) is -4.67. The number of benzene rings is 2. The van der Waals surface area contributed by atoms with Crippen molar-refractivity contribution in [1.82, 2.24) is 4.98 Å². The zero-order valence-electron chi connectivity index (χ0n) is 14.2. The van der Waals surface area contributed by atoms with Gasteiger partial charge >= 0.3 is 6.18 Å². The van der Waals surface area contributed by atoms with E-state index in [0.717, 1.165) is 6.07 Å². The van der Waals surface area contributed by atoms with Crippen LogP contribution >= 0.6 is 0 Å². The second kappa shape index (κ2) is 6.16. The molecule has 0 fully saturated rings. The molecule has 0 bridgehead atoms. The van der Waals surface area contributed by atoms with E-state index in [1.54, 1.807) is 30.3 Å². The number of fused-ring (bicyclic) bond motifs is 3. The number of H-pyrrole nitrogens is 1. The smallest absolute Gasteiger partial charge is 0.416 e. The van der Waals surface area contributed by atoms with Crippen molar-refractivity contribution in [2.75, 3.05) is 0 Å². The molecule has 140 valence electrons. The highest BCUT2D eigenvalue weighted by atomic mass is 19.4. The highest BCUT2D eigenvalue weighted by Gasteiger charge is 2.41.